The second-order valence-electron chi connectivity index (χ2n) is 25.0. The van der Waals surface area contributed by atoms with E-state index in [4.69, 9.17) is 66.8 Å². The Labute approximate surface area is 508 Å². The van der Waals surface area contributed by atoms with Gasteiger partial charge in [0.05, 0.1) is 38.9 Å². The van der Waals surface area contributed by atoms with E-state index in [1.165, 1.54) is 24.3 Å². The number of hydrogen-bond donors (Lipinski definition) is 2. The molecule has 474 valence electrons. The van der Waals surface area contributed by atoms with Crippen molar-refractivity contribution < 1.29 is 82.6 Å². The lowest BCUT2D eigenvalue weighted by atomic mass is 9.98. The van der Waals surface area contributed by atoms with Gasteiger partial charge in [-0.2, -0.15) is 22.3 Å². The minimum absolute atomic E-state index is 0.00224. The van der Waals surface area contributed by atoms with Crippen LogP contribution in [-0.2, 0) is 85.0 Å². The lowest BCUT2D eigenvalue weighted by molar-refractivity contribution is -0.130. The number of amides is 1. The number of rotatable bonds is 21. The fourth-order valence-corrected chi connectivity index (χ4v) is 35.9. The van der Waals surface area contributed by atoms with E-state index in [2.05, 4.69) is 88.6 Å². The Morgan fingerprint density at radius 2 is 0.929 bits per heavy atom. The van der Waals surface area contributed by atoms with Crippen LogP contribution >= 0.6 is 0 Å². The summed E-state index contributed by atoms with van der Waals surface area (Å²) in [6.45, 7) is 32.9. The molecule has 3 N–H and O–H groups in total. The highest BCUT2D eigenvalue weighted by Gasteiger charge is 2.67. The van der Waals surface area contributed by atoms with E-state index in [1.807, 2.05) is 71.9 Å². The number of hydroxylamine groups is 1. The highest BCUT2D eigenvalue weighted by molar-refractivity contribution is 7.87. The van der Waals surface area contributed by atoms with E-state index in [0.717, 1.165) is 16.7 Å². The zero-order chi connectivity index (χ0) is 64.2. The Balaban J connectivity index is 0.000000283. The van der Waals surface area contributed by atoms with Gasteiger partial charge in [-0.25, -0.2) is 10.7 Å². The van der Waals surface area contributed by atoms with Crippen LogP contribution in [0.2, 0.25) is 44.3 Å². The quantitative estimate of drug-likeness (QED) is 0.0572. The Morgan fingerprint density at radius 1 is 0.571 bits per heavy atom. The molecule has 84 heavy (non-hydrogen) atoms. The van der Waals surface area contributed by atoms with Crippen LogP contribution in [0.3, 0.4) is 0 Å². The van der Waals surface area contributed by atoms with Crippen LogP contribution in [0.25, 0.3) is 0 Å². The van der Waals surface area contributed by atoms with Gasteiger partial charge in [0.15, 0.2) is 0 Å². The Bertz CT molecular complexity index is 2890. The molecule has 1 amide bonds. The molecule has 4 aliphatic rings. The first-order valence-corrected chi connectivity index (χ1v) is 39.9. The predicted molar refractivity (Wildman–Crippen MR) is 327 cm³/mol. The second kappa shape index (κ2) is 28.3. The molecule has 2 unspecified atom stereocenters. The molecule has 7 rings (SSSR count). The van der Waals surface area contributed by atoms with Gasteiger partial charge in [-0.3, -0.25) is 18.0 Å². The molecular weight excluding hydrogens is 1190 g/mol. The van der Waals surface area contributed by atoms with Gasteiger partial charge >= 0.3 is 40.3 Å². The van der Waals surface area contributed by atoms with Gasteiger partial charge in [0, 0.05) is 0 Å². The number of carbonyl (C=O) groups is 1. The summed E-state index contributed by atoms with van der Waals surface area (Å²) in [6.07, 6.45) is -5.15. The monoisotopic (exact) mass is 1290 g/mol. The molecule has 20 nitrogen and oxygen atoms in total. The predicted octanol–water partition coefficient (Wildman–Crippen LogP) is 11.3. The van der Waals surface area contributed by atoms with Crippen molar-refractivity contribution in [2.24, 2.45) is 5.90 Å². The number of carbonyl (C=O) groups excluding carboxylic acids is 1. The third kappa shape index (κ3) is 15.1. The molecule has 4 heterocycles. The largest absolute Gasteiger partial charge is 0.443 e. The van der Waals surface area contributed by atoms with Crippen molar-refractivity contribution in [1.82, 2.24) is 5.48 Å². The van der Waals surface area contributed by atoms with Gasteiger partial charge < -0.3 is 40.1 Å². The van der Waals surface area contributed by atoms with Crippen molar-refractivity contribution in [3.63, 3.8) is 0 Å². The second-order valence-corrected chi connectivity index (χ2v) is 45.9. The molecule has 0 spiro atoms. The van der Waals surface area contributed by atoms with E-state index in [0.29, 0.717) is 0 Å². The summed E-state index contributed by atoms with van der Waals surface area (Å²) in [5.74, 6) is 5.66. The number of aryl methyl sites for hydroxylation is 2. The SMILES string of the molecule is [3H][C@@H]1O[C@]2(COS(=O)(=O)c3ccc(C)cc3)CO[Si](C(C)C)(C(C)C)O[Si](C(C)C)(C(C)C)OC2[C@@H]1ON.[3H][C@@H]1O[C@]2(COS(=O)(=O)c3ccc(C)cc3)CO[Si](C(C)C)(C(C)C)O[Si](C(C)C)(C(C)C)OC2[C@@H]1ONC(=O)OCc1ccccc1. The van der Waals surface area contributed by atoms with E-state index in [9.17, 15) is 21.6 Å². The number of nitrogens with two attached hydrogens (primary N) is 1. The maximum atomic E-state index is 13.5. The lowest BCUT2D eigenvalue weighted by Gasteiger charge is -2.53. The zero-order valence-corrected chi connectivity index (χ0v) is 58.0. The van der Waals surface area contributed by atoms with Crippen LogP contribution in [-0.4, -0.2) is 132 Å². The molecule has 0 bridgehead atoms. The van der Waals surface area contributed by atoms with Gasteiger partial charge in [0.25, 0.3) is 20.2 Å². The highest BCUT2D eigenvalue weighted by Crippen LogP contribution is 2.51. The smallest absolute Gasteiger partial charge is 0.431 e. The molecule has 4 aliphatic heterocycles. The van der Waals surface area contributed by atoms with E-state index in [1.54, 1.807) is 24.3 Å². The minimum Gasteiger partial charge on any atom is -0.443 e. The molecule has 4 fully saturated rings. The Kier molecular flexibility index (Phi) is 22.6. The molecule has 0 radical (unpaired) electrons. The summed E-state index contributed by atoms with van der Waals surface area (Å²) in [7, 11) is -20.9. The van der Waals surface area contributed by atoms with Crippen molar-refractivity contribution >= 4 is 60.6 Å². The maximum absolute atomic E-state index is 13.5. The molecule has 26 heteroatoms. The number of hydrogen-bond acceptors (Lipinski definition) is 19. The van der Waals surface area contributed by atoms with Crippen LogP contribution in [0.15, 0.2) is 88.7 Å². The summed E-state index contributed by atoms with van der Waals surface area (Å²) < 4.78 is 142. The fourth-order valence-electron chi connectivity index (χ4n) is 11.4. The van der Waals surface area contributed by atoms with Gasteiger partial charge in [0.2, 0.25) is 0 Å². The molecule has 0 aromatic heterocycles. The molecule has 3 aromatic carbocycles. The number of fused-ring (bicyclic) bond motifs is 2. The van der Waals surface area contributed by atoms with Gasteiger partial charge in [-0.1, -0.05) is 177 Å². The summed E-state index contributed by atoms with van der Waals surface area (Å²) in [5.41, 5.74) is 1.79. The van der Waals surface area contributed by atoms with Crippen molar-refractivity contribution in [2.75, 3.05) is 39.6 Å². The molecule has 0 aliphatic carbocycles. The number of ether oxygens (including phenoxy) is 3. The van der Waals surface area contributed by atoms with Crippen LogP contribution in [0.5, 0.6) is 0 Å². The summed E-state index contributed by atoms with van der Waals surface area (Å²) >= 11 is 0. The van der Waals surface area contributed by atoms with Crippen molar-refractivity contribution in [3.8, 4) is 0 Å². The number of benzene rings is 3. The first-order chi connectivity index (χ1) is 40.0. The Morgan fingerprint density at radius 3 is 1.29 bits per heavy atom. The van der Waals surface area contributed by atoms with Crippen molar-refractivity contribution in [3.05, 3.63) is 95.6 Å². The summed E-state index contributed by atoms with van der Waals surface area (Å²) in [4.78, 5) is 23.8. The Hall–Kier alpha value is -2.82. The first-order valence-electron chi connectivity index (χ1n) is 30.3. The van der Waals surface area contributed by atoms with Crippen molar-refractivity contribution in [2.45, 2.75) is 221 Å². The molecule has 4 saturated heterocycles. The molecule has 3 aromatic rings. The molecule has 8 atom stereocenters. The summed E-state index contributed by atoms with van der Waals surface area (Å²) in [6, 6.07) is 21.9. The summed E-state index contributed by atoms with van der Waals surface area (Å²) in [5, 5.41) is 0. The van der Waals surface area contributed by atoms with E-state index in [-0.39, 0.29) is 73.9 Å². The topological polar surface area (TPSA) is 243 Å². The fraction of sp³-hybridized carbons (Fsp3) is 0.672. The number of nitrogens with one attached hydrogen (secondary N) is 1. The maximum Gasteiger partial charge on any atom is 0.431 e. The average molecular weight is 1290 g/mol. The third-order valence-electron chi connectivity index (χ3n) is 16.5. The lowest BCUT2D eigenvalue weighted by Crippen LogP contribution is -2.69. The minimum atomic E-state index is -4.25. The van der Waals surface area contributed by atoms with Crippen LogP contribution in [0, 0.1) is 13.8 Å². The normalized spacial score (nSPS) is 28.0. The van der Waals surface area contributed by atoms with Gasteiger partial charge in [0.1, 0.15) is 55.4 Å². The van der Waals surface area contributed by atoms with E-state index >= 15 is 0 Å². The van der Waals surface area contributed by atoms with Crippen molar-refractivity contribution in [1.29, 1.82) is 0 Å². The zero-order valence-electron chi connectivity index (χ0n) is 54.4. The third-order valence-corrected chi connectivity index (χ3v) is 39.4. The average Bonchev–Trinajstić information content (AvgIpc) is 1.44. The molecule has 0 saturated carbocycles. The first kappa shape index (κ1) is 67.1. The van der Waals surface area contributed by atoms with Crippen LogP contribution < -0.4 is 11.4 Å². The van der Waals surface area contributed by atoms with Gasteiger partial charge in [-0.05, 0) is 88.0 Å². The van der Waals surface area contributed by atoms with E-state index < -0.39 is 123 Å². The molecular formula is C58H96N2O18S2Si4. The standard InChI is InChI=1S/C33H51NO10SSi2.C25H45NO8SSi2/c1-23(2)46(24(3)4)41-22-33(21-40-45(36,37)29-17-15-27(9)16-18-29)31(43-47(44-46,25(5)6)26(7)8)30(20-39-33)42-34-32(35)38-19-28-13-11-10-12-14-28;1-17(2)36(18(3)4)31-16-25(15-30-35(27,28)22-12-10-21(9)11-13-22)24(23(32-26)14-29-25)33-37(34-36,19(5)6)20(7)8/h10-18,23-26,30-31H,19-22H2,1-9H3,(H,34,35);10-13,17-20,23-24H,14-16,26H2,1-9H3/t30-,31?,33-;23-,24?,25-/m11/s1/i20T;14T/t20-,30+,31?,33+;14-,23+,24?,25+/m00. The van der Waals surface area contributed by atoms with Gasteiger partial charge in [-0.15, -0.1) is 0 Å². The van der Waals surface area contributed by atoms with Crippen LogP contribution in [0.1, 0.15) is 130 Å². The van der Waals surface area contributed by atoms with Crippen LogP contribution in [0.4, 0.5) is 4.79 Å². The highest BCUT2D eigenvalue weighted by atomic mass is 32.2.